The van der Waals surface area contributed by atoms with Crippen LogP contribution in [0.4, 0.5) is 10.2 Å². The normalized spacial score (nSPS) is 20.6. The summed E-state index contributed by atoms with van der Waals surface area (Å²) >= 11 is 0. The van der Waals surface area contributed by atoms with Gasteiger partial charge in [-0.15, -0.1) is 0 Å². The Morgan fingerprint density at radius 2 is 1.86 bits per heavy atom. The van der Waals surface area contributed by atoms with Crippen molar-refractivity contribution in [3.8, 4) is 11.3 Å². The third kappa shape index (κ3) is 3.36. The molecule has 3 aliphatic heterocycles. The van der Waals surface area contributed by atoms with Gasteiger partial charge < -0.3 is 19.5 Å². The second-order valence-electron chi connectivity index (χ2n) is 12.4. The maximum Gasteiger partial charge on any atom is 0.175 e. The number of rotatable bonds is 5. The van der Waals surface area contributed by atoms with E-state index < -0.39 is 0 Å². The van der Waals surface area contributed by atoms with Gasteiger partial charge in [-0.25, -0.2) is 18.9 Å². The predicted octanol–water partition coefficient (Wildman–Crippen LogP) is 4.31. The fraction of sp³-hybridized carbons (Fsp3) is 0.536. The van der Waals surface area contributed by atoms with E-state index in [2.05, 4.69) is 64.5 Å². The van der Waals surface area contributed by atoms with Crippen LogP contribution in [0.15, 0.2) is 18.7 Å². The average molecular weight is 504 g/mol. The fourth-order valence-electron chi connectivity index (χ4n) is 6.84. The van der Waals surface area contributed by atoms with E-state index >= 15 is 4.39 Å². The SMILES string of the molecule is Cc1c(-c2[nH]c3cnc(N4CC5(CN(CC6(C)COC6)C5)C4)c(F)c3c2C(C)C)cn2ncnc2c1C. The van der Waals surface area contributed by atoms with E-state index in [1.807, 2.05) is 6.20 Å². The third-order valence-corrected chi connectivity index (χ3v) is 8.75. The monoisotopic (exact) mass is 503 g/mol. The summed E-state index contributed by atoms with van der Waals surface area (Å²) in [5, 5.41) is 5.01. The molecule has 9 heteroatoms. The lowest BCUT2D eigenvalue weighted by Crippen LogP contribution is -2.73. The van der Waals surface area contributed by atoms with Crippen molar-refractivity contribution in [3.63, 3.8) is 0 Å². The lowest BCUT2D eigenvalue weighted by molar-refractivity contribution is -0.140. The second-order valence-corrected chi connectivity index (χ2v) is 12.4. The van der Waals surface area contributed by atoms with Crippen LogP contribution in [0.2, 0.25) is 0 Å². The number of hydrogen-bond acceptors (Lipinski definition) is 6. The van der Waals surface area contributed by atoms with Crippen LogP contribution in [0.3, 0.4) is 0 Å². The first kappa shape index (κ1) is 23.1. The molecule has 1 N–H and O–H groups in total. The van der Waals surface area contributed by atoms with Gasteiger partial charge >= 0.3 is 0 Å². The molecule has 0 aliphatic carbocycles. The van der Waals surface area contributed by atoms with Gasteiger partial charge in [0.2, 0.25) is 0 Å². The Balaban J connectivity index is 1.20. The van der Waals surface area contributed by atoms with Gasteiger partial charge in [-0.2, -0.15) is 5.10 Å². The van der Waals surface area contributed by atoms with Gasteiger partial charge in [0.25, 0.3) is 0 Å². The summed E-state index contributed by atoms with van der Waals surface area (Å²) in [6.45, 7) is 17.4. The minimum absolute atomic E-state index is 0.124. The molecule has 4 aromatic heterocycles. The molecule has 0 unspecified atom stereocenters. The minimum Gasteiger partial charge on any atom is -0.380 e. The molecule has 4 aromatic rings. The smallest absolute Gasteiger partial charge is 0.175 e. The molecule has 0 aromatic carbocycles. The summed E-state index contributed by atoms with van der Waals surface area (Å²) in [6.07, 6.45) is 5.36. The zero-order valence-corrected chi connectivity index (χ0v) is 22.2. The molecule has 194 valence electrons. The number of aryl methyl sites for hydroxylation is 1. The number of pyridine rings is 2. The number of halogens is 1. The van der Waals surface area contributed by atoms with Crippen LogP contribution in [0.5, 0.6) is 0 Å². The molecular weight excluding hydrogens is 469 g/mol. The maximum atomic E-state index is 16.2. The number of likely N-dealkylation sites (tertiary alicyclic amines) is 1. The van der Waals surface area contributed by atoms with Gasteiger partial charge in [-0.3, -0.25) is 0 Å². The molecule has 37 heavy (non-hydrogen) atoms. The van der Waals surface area contributed by atoms with E-state index in [-0.39, 0.29) is 17.2 Å². The van der Waals surface area contributed by atoms with Crippen molar-refractivity contribution in [1.29, 1.82) is 0 Å². The standard InChI is InChI=1S/C28H34FN7O/c1-16(2)21-22-20(33-24(21)19-7-36-25(31-15-32-36)18(4)17(19)3)6-30-26(23(22)29)35-11-28(12-35)9-34(10-28)8-27(5)13-37-14-27/h6-7,15-16,33H,8-14H2,1-5H3. The number of nitrogens with one attached hydrogen (secondary N) is 1. The lowest BCUT2D eigenvalue weighted by atomic mass is 9.71. The van der Waals surface area contributed by atoms with Crippen molar-refractivity contribution in [2.75, 3.05) is 50.8 Å². The van der Waals surface area contributed by atoms with Crippen LogP contribution in [-0.2, 0) is 4.74 Å². The van der Waals surface area contributed by atoms with Crippen LogP contribution in [0.25, 0.3) is 27.8 Å². The van der Waals surface area contributed by atoms with E-state index in [0.717, 1.165) is 85.0 Å². The summed E-state index contributed by atoms with van der Waals surface area (Å²) in [7, 11) is 0. The van der Waals surface area contributed by atoms with Crippen LogP contribution >= 0.6 is 0 Å². The number of anilines is 1. The quantitative estimate of drug-likeness (QED) is 0.438. The van der Waals surface area contributed by atoms with Crippen molar-refractivity contribution in [2.45, 2.75) is 40.5 Å². The molecule has 3 fully saturated rings. The molecule has 7 heterocycles. The molecule has 0 radical (unpaired) electrons. The first-order chi connectivity index (χ1) is 17.7. The predicted molar refractivity (Wildman–Crippen MR) is 142 cm³/mol. The Hall–Kier alpha value is -3.04. The number of nitrogens with zero attached hydrogens (tertiary/aromatic N) is 6. The minimum atomic E-state index is -0.218. The summed E-state index contributed by atoms with van der Waals surface area (Å²) in [4.78, 5) is 17.1. The lowest BCUT2D eigenvalue weighted by Gasteiger charge is -2.62. The molecule has 3 saturated heterocycles. The van der Waals surface area contributed by atoms with Gasteiger partial charge in [0.15, 0.2) is 17.3 Å². The number of fused-ring (bicyclic) bond motifs is 2. The van der Waals surface area contributed by atoms with Crippen molar-refractivity contribution in [2.24, 2.45) is 10.8 Å². The van der Waals surface area contributed by atoms with Crippen molar-refractivity contribution >= 4 is 22.4 Å². The summed E-state index contributed by atoms with van der Waals surface area (Å²) in [5.41, 5.74) is 7.27. The Kier molecular flexibility index (Phi) is 4.83. The molecule has 0 atom stereocenters. The number of hydrogen-bond donors (Lipinski definition) is 1. The number of H-pyrrole nitrogens is 1. The third-order valence-electron chi connectivity index (χ3n) is 8.75. The van der Waals surface area contributed by atoms with Gasteiger partial charge in [-0.1, -0.05) is 20.8 Å². The maximum absolute atomic E-state index is 16.2. The first-order valence-corrected chi connectivity index (χ1v) is 13.2. The highest BCUT2D eigenvalue weighted by Gasteiger charge is 2.54. The van der Waals surface area contributed by atoms with E-state index in [0.29, 0.717) is 16.6 Å². The molecular formula is C28H34FN7O. The molecule has 0 bridgehead atoms. The van der Waals surface area contributed by atoms with E-state index in [1.165, 1.54) is 0 Å². The Labute approximate surface area is 215 Å². The molecule has 3 aliphatic rings. The number of aromatic amines is 1. The van der Waals surface area contributed by atoms with Gasteiger partial charge in [0.05, 0.1) is 30.6 Å². The molecule has 7 rings (SSSR count). The van der Waals surface area contributed by atoms with Crippen LogP contribution in [0, 0.1) is 30.5 Å². The van der Waals surface area contributed by atoms with Crippen LogP contribution in [-0.4, -0.2) is 75.4 Å². The summed E-state index contributed by atoms with van der Waals surface area (Å²) in [6, 6.07) is 0. The second kappa shape index (κ2) is 7.74. The van der Waals surface area contributed by atoms with Crippen molar-refractivity contribution < 1.29 is 9.13 Å². The zero-order valence-electron chi connectivity index (χ0n) is 22.2. The van der Waals surface area contributed by atoms with Crippen LogP contribution < -0.4 is 4.90 Å². The highest BCUT2D eigenvalue weighted by atomic mass is 19.1. The Bertz CT molecular complexity index is 1540. The number of aromatic nitrogens is 5. The number of ether oxygens (including phenoxy) is 1. The van der Waals surface area contributed by atoms with E-state index in [4.69, 9.17) is 4.74 Å². The highest BCUT2D eigenvalue weighted by Crippen LogP contribution is 2.46. The highest BCUT2D eigenvalue weighted by molar-refractivity contribution is 5.94. The molecule has 0 amide bonds. The van der Waals surface area contributed by atoms with Gasteiger partial charge in [0.1, 0.15) is 6.33 Å². The zero-order chi connectivity index (χ0) is 25.7. The molecule has 0 saturated carbocycles. The fourth-order valence-corrected chi connectivity index (χ4v) is 6.84. The van der Waals surface area contributed by atoms with E-state index in [1.54, 1.807) is 17.0 Å². The average Bonchev–Trinajstić information content (AvgIpc) is 3.41. The van der Waals surface area contributed by atoms with Crippen molar-refractivity contribution in [3.05, 3.63) is 41.2 Å². The van der Waals surface area contributed by atoms with Crippen LogP contribution in [0.1, 0.15) is 43.4 Å². The largest absolute Gasteiger partial charge is 0.380 e. The Morgan fingerprint density at radius 3 is 2.54 bits per heavy atom. The molecule has 8 nitrogen and oxygen atoms in total. The van der Waals surface area contributed by atoms with Crippen molar-refractivity contribution in [1.82, 2.24) is 29.5 Å². The topological polar surface area (TPSA) is 74.6 Å². The van der Waals surface area contributed by atoms with Gasteiger partial charge in [-0.05, 0) is 36.5 Å². The summed E-state index contributed by atoms with van der Waals surface area (Å²) in [5.74, 6) is 0.382. The summed E-state index contributed by atoms with van der Waals surface area (Å²) < 4.78 is 23.4. The first-order valence-electron chi connectivity index (χ1n) is 13.2. The van der Waals surface area contributed by atoms with E-state index in [9.17, 15) is 0 Å². The molecule has 1 spiro atoms. The van der Waals surface area contributed by atoms with Gasteiger partial charge in [0, 0.05) is 60.7 Å². The Morgan fingerprint density at radius 1 is 1.11 bits per heavy atom.